The van der Waals surface area contributed by atoms with Gasteiger partial charge in [-0.2, -0.15) is 0 Å². The first-order valence-electron chi connectivity index (χ1n) is 6.23. The van der Waals surface area contributed by atoms with Gasteiger partial charge in [-0.3, -0.25) is 4.40 Å². The first-order valence-corrected chi connectivity index (χ1v) is 6.98. The molecule has 0 amide bonds. The molecule has 2 aromatic heterocycles. The topological polar surface area (TPSA) is 46.3 Å². The average molecular weight is 310 g/mol. The van der Waals surface area contributed by atoms with Crippen molar-refractivity contribution in [3.05, 3.63) is 28.0 Å². The van der Waals surface area contributed by atoms with E-state index in [1.54, 1.807) is 12.1 Å². The molecule has 0 N–H and O–H groups in total. The maximum atomic E-state index is 6.13. The first-order chi connectivity index (χ1) is 9.52. The fourth-order valence-electron chi connectivity index (χ4n) is 2.20. The van der Waals surface area contributed by atoms with Gasteiger partial charge in [-0.1, -0.05) is 30.1 Å². The minimum atomic E-state index is 0.488. The van der Waals surface area contributed by atoms with Crippen LogP contribution in [0, 0.1) is 0 Å². The molecule has 0 saturated heterocycles. The largest absolute Gasteiger partial charge is 0.360 e. The number of hydrogen-bond acceptors (Lipinski definition) is 4. The molecule has 20 heavy (non-hydrogen) atoms. The quantitative estimate of drug-likeness (QED) is 0.729. The Kier molecular flexibility index (Phi) is 3.18. The number of nitrogens with zero attached hydrogens (tertiary/aromatic N) is 5. The summed E-state index contributed by atoms with van der Waals surface area (Å²) in [5, 5.41) is 9.46. The summed E-state index contributed by atoms with van der Waals surface area (Å²) < 4.78 is 1.99. The summed E-state index contributed by atoms with van der Waals surface area (Å²) >= 11 is 12.2. The highest BCUT2D eigenvalue weighted by Gasteiger charge is 2.16. The summed E-state index contributed by atoms with van der Waals surface area (Å²) in [7, 11) is 3.85. The van der Waals surface area contributed by atoms with Gasteiger partial charge in [0, 0.05) is 20.5 Å². The number of halogens is 2. The van der Waals surface area contributed by atoms with Gasteiger partial charge in [-0.05, 0) is 12.1 Å². The number of rotatable bonds is 2. The molecule has 2 heterocycles. The van der Waals surface area contributed by atoms with Crippen LogP contribution in [0.25, 0.3) is 16.7 Å². The van der Waals surface area contributed by atoms with E-state index < -0.39 is 0 Å². The summed E-state index contributed by atoms with van der Waals surface area (Å²) in [5.41, 5.74) is 2.35. The Bertz CT molecular complexity index is 809. The maximum Gasteiger partial charge on any atom is 0.204 e. The molecule has 0 aliphatic heterocycles. The van der Waals surface area contributed by atoms with Crippen LogP contribution in [0.4, 0.5) is 5.82 Å². The summed E-state index contributed by atoms with van der Waals surface area (Å²) in [5.74, 6) is 1.62. The van der Waals surface area contributed by atoms with Gasteiger partial charge in [0.25, 0.3) is 0 Å². The van der Waals surface area contributed by atoms with E-state index in [4.69, 9.17) is 23.2 Å². The molecule has 7 heteroatoms. The van der Waals surface area contributed by atoms with Crippen molar-refractivity contribution in [1.29, 1.82) is 0 Å². The zero-order valence-corrected chi connectivity index (χ0v) is 12.9. The molecule has 0 fully saturated rings. The Labute approximate surface area is 126 Å². The lowest BCUT2D eigenvalue weighted by molar-refractivity contribution is 0.921. The number of aromatic nitrogens is 4. The second-order valence-corrected chi connectivity index (χ2v) is 5.53. The third-order valence-electron chi connectivity index (χ3n) is 3.15. The van der Waals surface area contributed by atoms with E-state index in [0.717, 1.165) is 34.7 Å². The smallest absolute Gasteiger partial charge is 0.204 e. The molecule has 0 radical (unpaired) electrons. The van der Waals surface area contributed by atoms with Crippen LogP contribution in [0.1, 0.15) is 12.7 Å². The molecular formula is C13H13Cl2N5. The lowest BCUT2D eigenvalue weighted by Crippen LogP contribution is -2.13. The average Bonchev–Trinajstić information content (AvgIpc) is 2.83. The fourth-order valence-corrected chi connectivity index (χ4v) is 2.52. The summed E-state index contributed by atoms with van der Waals surface area (Å²) in [6.07, 6.45) is 0.771. The number of benzene rings is 1. The Balaban J connectivity index is 2.54. The molecule has 3 aromatic rings. The van der Waals surface area contributed by atoms with Crippen molar-refractivity contribution in [2.75, 3.05) is 19.0 Å². The van der Waals surface area contributed by atoms with Crippen LogP contribution < -0.4 is 4.90 Å². The second-order valence-electron chi connectivity index (χ2n) is 4.71. The zero-order valence-electron chi connectivity index (χ0n) is 11.4. The highest BCUT2D eigenvalue weighted by molar-refractivity contribution is 6.42. The highest BCUT2D eigenvalue weighted by Crippen LogP contribution is 2.30. The molecule has 1 aromatic carbocycles. The van der Waals surface area contributed by atoms with Crippen molar-refractivity contribution < 1.29 is 0 Å². The van der Waals surface area contributed by atoms with Gasteiger partial charge in [0.2, 0.25) is 5.65 Å². The van der Waals surface area contributed by atoms with Crippen LogP contribution in [0.2, 0.25) is 10.0 Å². The molecule has 0 saturated carbocycles. The van der Waals surface area contributed by atoms with Gasteiger partial charge in [-0.15, -0.1) is 10.2 Å². The van der Waals surface area contributed by atoms with Crippen LogP contribution in [0.3, 0.4) is 0 Å². The molecular weight excluding hydrogens is 297 g/mol. The second kappa shape index (κ2) is 4.75. The van der Waals surface area contributed by atoms with Crippen LogP contribution in [-0.2, 0) is 6.42 Å². The van der Waals surface area contributed by atoms with Crippen LogP contribution >= 0.6 is 23.2 Å². The van der Waals surface area contributed by atoms with Gasteiger partial charge in [0.1, 0.15) is 5.82 Å². The van der Waals surface area contributed by atoms with Crippen LogP contribution in [-0.4, -0.2) is 33.7 Å². The molecule has 104 valence electrons. The van der Waals surface area contributed by atoms with E-state index >= 15 is 0 Å². The highest BCUT2D eigenvalue weighted by atomic mass is 35.5. The Morgan fingerprint density at radius 3 is 2.50 bits per heavy atom. The van der Waals surface area contributed by atoms with Crippen molar-refractivity contribution in [2.45, 2.75) is 13.3 Å². The first kappa shape index (κ1) is 13.4. The van der Waals surface area contributed by atoms with Crippen molar-refractivity contribution >= 4 is 45.7 Å². The van der Waals surface area contributed by atoms with Gasteiger partial charge < -0.3 is 4.90 Å². The van der Waals surface area contributed by atoms with Crippen molar-refractivity contribution in [2.24, 2.45) is 0 Å². The third-order valence-corrected chi connectivity index (χ3v) is 3.88. The Hall–Kier alpha value is -1.59. The summed E-state index contributed by atoms with van der Waals surface area (Å²) in [6, 6.07) is 3.58. The minimum Gasteiger partial charge on any atom is -0.360 e. The standard InChI is InChI=1S/C13H13Cl2N5/c1-4-11-17-18-13-12(19(2)3)16-9-5-7(14)8(15)6-10(9)20(11)13/h5-6H,4H2,1-3H3. The van der Waals surface area contributed by atoms with Crippen molar-refractivity contribution in [3.8, 4) is 0 Å². The zero-order chi connectivity index (χ0) is 14.4. The number of anilines is 1. The monoisotopic (exact) mass is 309 g/mol. The normalized spacial score (nSPS) is 11.4. The third kappa shape index (κ3) is 1.89. The van der Waals surface area contributed by atoms with Gasteiger partial charge in [0.05, 0.1) is 21.1 Å². The predicted molar refractivity (Wildman–Crippen MR) is 82.0 cm³/mol. The maximum absolute atomic E-state index is 6.13. The molecule has 0 aliphatic carbocycles. The minimum absolute atomic E-state index is 0.488. The molecule has 5 nitrogen and oxygen atoms in total. The van der Waals surface area contributed by atoms with E-state index in [1.165, 1.54) is 0 Å². The number of aryl methyl sites for hydroxylation is 1. The van der Waals surface area contributed by atoms with Crippen LogP contribution in [0.15, 0.2) is 12.1 Å². The number of fused-ring (bicyclic) bond motifs is 3. The van der Waals surface area contributed by atoms with E-state index in [1.807, 2.05) is 30.3 Å². The fraction of sp³-hybridized carbons (Fsp3) is 0.308. The van der Waals surface area contributed by atoms with Gasteiger partial charge in [0.15, 0.2) is 5.82 Å². The number of hydrogen-bond donors (Lipinski definition) is 0. The SMILES string of the molecule is CCc1nnc2c(N(C)C)nc3cc(Cl)c(Cl)cc3n12. The van der Waals surface area contributed by atoms with E-state index in [0.29, 0.717) is 10.0 Å². The molecule has 3 rings (SSSR count). The molecule has 0 spiro atoms. The molecule has 0 atom stereocenters. The summed E-state index contributed by atoms with van der Waals surface area (Å²) in [6.45, 7) is 2.04. The predicted octanol–water partition coefficient (Wildman–Crippen LogP) is 3.21. The lowest BCUT2D eigenvalue weighted by atomic mass is 10.3. The van der Waals surface area contributed by atoms with Crippen molar-refractivity contribution in [3.63, 3.8) is 0 Å². The van der Waals surface area contributed by atoms with Crippen molar-refractivity contribution in [1.82, 2.24) is 19.6 Å². The Morgan fingerprint density at radius 1 is 1.15 bits per heavy atom. The summed E-state index contributed by atoms with van der Waals surface area (Å²) in [4.78, 5) is 6.52. The Morgan fingerprint density at radius 2 is 1.85 bits per heavy atom. The van der Waals surface area contributed by atoms with E-state index in [9.17, 15) is 0 Å². The molecule has 0 bridgehead atoms. The van der Waals surface area contributed by atoms with E-state index in [-0.39, 0.29) is 0 Å². The van der Waals surface area contributed by atoms with Gasteiger partial charge in [-0.25, -0.2) is 4.98 Å². The lowest BCUT2D eigenvalue weighted by Gasteiger charge is -2.14. The van der Waals surface area contributed by atoms with Gasteiger partial charge >= 0.3 is 0 Å². The van der Waals surface area contributed by atoms with Crippen LogP contribution in [0.5, 0.6) is 0 Å². The van der Waals surface area contributed by atoms with E-state index in [2.05, 4.69) is 15.2 Å². The molecule has 0 aliphatic rings. The molecule has 0 unspecified atom stereocenters.